The van der Waals surface area contributed by atoms with Gasteiger partial charge in [-0.15, -0.1) is 0 Å². The molecule has 0 saturated carbocycles. The molecule has 0 fully saturated rings. The van der Waals surface area contributed by atoms with Crippen molar-refractivity contribution < 1.29 is 52.0 Å². The fourth-order valence-corrected chi connectivity index (χ4v) is 1.21. The van der Waals surface area contributed by atoms with Crippen molar-refractivity contribution in [1.82, 2.24) is 0 Å². The lowest BCUT2D eigenvalue weighted by molar-refractivity contribution is -0.173. The van der Waals surface area contributed by atoms with Gasteiger partial charge in [0.1, 0.15) is 24.4 Å². The topological polar surface area (TPSA) is 132 Å². The van der Waals surface area contributed by atoms with Crippen LogP contribution >= 0.6 is 0 Å². The Labute approximate surface area is 248 Å². The highest BCUT2D eigenvalue weighted by molar-refractivity contribution is 5.38. The van der Waals surface area contributed by atoms with Crippen LogP contribution in [0.1, 0.15) is 104 Å². The van der Waals surface area contributed by atoms with Crippen molar-refractivity contribution >= 4 is 32.4 Å². The Morgan fingerprint density at radius 3 is 0.683 bits per heavy atom. The average molecular weight is 599 g/mol. The van der Waals surface area contributed by atoms with E-state index in [1.807, 2.05) is 83.1 Å². The maximum atomic E-state index is 12.8. The fourth-order valence-electron chi connectivity index (χ4n) is 1.21. The Morgan fingerprint density at radius 2 is 0.634 bits per heavy atom. The summed E-state index contributed by atoms with van der Waals surface area (Å²) < 4.78 is 35.4. The van der Waals surface area contributed by atoms with E-state index in [0.717, 1.165) is 0 Å². The highest BCUT2D eigenvalue weighted by Gasteiger charge is 2.28. The summed E-state index contributed by atoms with van der Waals surface area (Å²) in [7, 11) is 0. The summed E-state index contributed by atoms with van der Waals surface area (Å²) in [5.74, 6) is -0.453. The molecule has 0 aromatic carbocycles. The lowest BCUT2D eigenvalue weighted by Gasteiger charge is -2.21. The standard InChI is InChI=1S/C6H11FO2.4C6H12O2/c1-5(2)6(3,7)9-4-8;4*1-5(2)6(3)8-4-7/h4-5H,1-3H3;4*4-6H,1-3H3. The molecule has 0 aliphatic carbocycles. The van der Waals surface area contributed by atoms with Crippen molar-refractivity contribution in [3.63, 3.8) is 0 Å². The van der Waals surface area contributed by atoms with Crippen molar-refractivity contribution in [1.29, 1.82) is 0 Å². The minimum Gasteiger partial charge on any atom is -0.465 e. The summed E-state index contributed by atoms with van der Waals surface area (Å²) >= 11 is 0. The molecule has 0 amide bonds. The Morgan fingerprint density at radius 1 is 0.439 bits per heavy atom. The highest BCUT2D eigenvalue weighted by Crippen LogP contribution is 2.21. The molecule has 5 unspecified atom stereocenters. The molecule has 41 heavy (non-hydrogen) atoms. The molecule has 10 nitrogen and oxygen atoms in total. The third-order valence-corrected chi connectivity index (χ3v) is 6.15. The Kier molecular flexibility index (Phi) is 35.4. The Hall–Kier alpha value is -2.72. The molecule has 0 aromatic rings. The van der Waals surface area contributed by atoms with E-state index in [1.165, 1.54) is 6.92 Å². The summed E-state index contributed by atoms with van der Waals surface area (Å²) in [6.07, 6.45) is 0.194. The van der Waals surface area contributed by atoms with E-state index in [0.29, 0.717) is 49.6 Å². The number of carbonyl (C=O) groups excluding carboxylic acids is 5. The number of alkyl halides is 1. The predicted octanol–water partition coefficient (Wildman–Crippen LogP) is 6.32. The third kappa shape index (κ3) is 37.3. The van der Waals surface area contributed by atoms with Gasteiger partial charge in [-0.25, -0.2) is 0 Å². The molecule has 0 saturated heterocycles. The number of ether oxygens (including phenoxy) is 5. The second kappa shape index (κ2) is 30.2. The zero-order valence-corrected chi connectivity index (χ0v) is 28.0. The number of hydrogen-bond acceptors (Lipinski definition) is 10. The summed E-state index contributed by atoms with van der Waals surface area (Å²) in [6.45, 7) is 30.2. The monoisotopic (exact) mass is 598 g/mol. The van der Waals surface area contributed by atoms with Gasteiger partial charge in [-0.2, -0.15) is 4.39 Å². The van der Waals surface area contributed by atoms with Crippen LogP contribution in [0.15, 0.2) is 0 Å². The lowest BCUT2D eigenvalue weighted by atomic mass is 10.1. The van der Waals surface area contributed by atoms with E-state index in [-0.39, 0.29) is 36.8 Å². The minimum atomic E-state index is -1.82. The summed E-state index contributed by atoms with van der Waals surface area (Å²) in [6, 6.07) is 0. The van der Waals surface area contributed by atoms with Crippen LogP contribution in [0.2, 0.25) is 0 Å². The quantitative estimate of drug-likeness (QED) is 0.156. The van der Waals surface area contributed by atoms with Crippen molar-refractivity contribution in [3.8, 4) is 0 Å². The first-order chi connectivity index (χ1) is 18.7. The normalized spacial score (nSPS) is 14.3. The number of carbonyl (C=O) groups is 5. The van der Waals surface area contributed by atoms with Crippen molar-refractivity contribution in [2.45, 2.75) is 134 Å². The molecule has 0 radical (unpaired) electrons. The summed E-state index contributed by atoms with van der Waals surface area (Å²) in [5.41, 5.74) is 0. The van der Waals surface area contributed by atoms with Crippen LogP contribution in [0.5, 0.6) is 0 Å². The zero-order valence-electron chi connectivity index (χ0n) is 28.0. The van der Waals surface area contributed by atoms with Gasteiger partial charge in [0.25, 0.3) is 38.2 Å². The number of rotatable bonds is 15. The molecule has 0 bridgehead atoms. The first kappa shape index (κ1) is 48.0. The third-order valence-electron chi connectivity index (χ3n) is 6.15. The molecular formula is C30H59FO10. The Balaban J connectivity index is -0.000000132. The molecule has 0 aliphatic heterocycles. The molecule has 246 valence electrons. The minimum absolute atomic E-state index is 0.0486. The van der Waals surface area contributed by atoms with Crippen LogP contribution in [-0.4, -0.2) is 62.6 Å². The molecule has 0 N–H and O–H groups in total. The van der Waals surface area contributed by atoms with Gasteiger partial charge in [0.2, 0.25) is 0 Å². The van der Waals surface area contributed by atoms with E-state index in [1.54, 1.807) is 13.8 Å². The van der Waals surface area contributed by atoms with E-state index < -0.39 is 5.85 Å². The molecule has 0 spiro atoms. The van der Waals surface area contributed by atoms with Crippen LogP contribution in [0.25, 0.3) is 0 Å². The van der Waals surface area contributed by atoms with E-state index >= 15 is 0 Å². The first-order valence-corrected chi connectivity index (χ1v) is 13.9. The smallest absolute Gasteiger partial charge is 0.295 e. The molecule has 0 aliphatic rings. The van der Waals surface area contributed by atoms with Crippen molar-refractivity contribution in [3.05, 3.63) is 0 Å². The van der Waals surface area contributed by atoms with Gasteiger partial charge in [-0.05, 0) is 51.4 Å². The van der Waals surface area contributed by atoms with Gasteiger partial charge in [-0.3, -0.25) is 24.0 Å². The predicted molar refractivity (Wildman–Crippen MR) is 157 cm³/mol. The van der Waals surface area contributed by atoms with Crippen LogP contribution < -0.4 is 0 Å². The SMILES string of the molecule is CC(C)C(C)(F)OC=O.CC(C)C(C)OC=O.CC(C)C(C)OC=O.CC(C)C(C)OC=O.CC(C)C(C)OC=O. The van der Waals surface area contributed by atoms with Gasteiger partial charge >= 0.3 is 0 Å². The second-order valence-electron chi connectivity index (χ2n) is 11.1. The molecule has 0 aromatic heterocycles. The van der Waals surface area contributed by atoms with E-state index in [9.17, 15) is 28.4 Å². The maximum absolute atomic E-state index is 12.8. The molecule has 11 heteroatoms. The van der Waals surface area contributed by atoms with Crippen LogP contribution in [0.3, 0.4) is 0 Å². The van der Waals surface area contributed by atoms with E-state index in [4.69, 9.17) is 0 Å². The fraction of sp³-hybridized carbons (Fsp3) is 0.833. The number of hydrogen-bond donors (Lipinski definition) is 0. The van der Waals surface area contributed by atoms with Gasteiger partial charge in [-0.1, -0.05) is 69.2 Å². The maximum Gasteiger partial charge on any atom is 0.295 e. The van der Waals surface area contributed by atoms with Gasteiger partial charge in [0, 0.05) is 12.8 Å². The summed E-state index contributed by atoms with van der Waals surface area (Å²) in [4.78, 5) is 48.5. The highest BCUT2D eigenvalue weighted by atomic mass is 19.2. The van der Waals surface area contributed by atoms with Crippen LogP contribution in [-0.2, 0) is 47.7 Å². The van der Waals surface area contributed by atoms with Gasteiger partial charge < -0.3 is 23.7 Å². The zero-order chi connectivity index (χ0) is 33.8. The van der Waals surface area contributed by atoms with Crippen LogP contribution in [0.4, 0.5) is 4.39 Å². The second-order valence-corrected chi connectivity index (χ2v) is 11.1. The van der Waals surface area contributed by atoms with Crippen molar-refractivity contribution in [2.24, 2.45) is 29.6 Å². The first-order valence-electron chi connectivity index (χ1n) is 13.9. The summed E-state index contributed by atoms with van der Waals surface area (Å²) in [5, 5.41) is 0. The van der Waals surface area contributed by atoms with Gasteiger partial charge in [0.15, 0.2) is 0 Å². The Bertz CT molecular complexity index is 542. The van der Waals surface area contributed by atoms with E-state index in [2.05, 4.69) is 23.7 Å². The molecular weight excluding hydrogens is 539 g/mol. The largest absolute Gasteiger partial charge is 0.465 e. The molecule has 0 heterocycles. The molecule has 0 rings (SSSR count). The number of halogens is 1. The van der Waals surface area contributed by atoms with Crippen LogP contribution in [0, 0.1) is 29.6 Å². The van der Waals surface area contributed by atoms with Gasteiger partial charge in [0.05, 0.1) is 0 Å². The molecule has 5 atom stereocenters. The van der Waals surface area contributed by atoms with Crippen molar-refractivity contribution in [2.75, 3.05) is 0 Å². The lowest BCUT2D eigenvalue weighted by Crippen LogP contribution is -2.28. The average Bonchev–Trinajstić information content (AvgIpc) is 2.86.